The van der Waals surface area contributed by atoms with Gasteiger partial charge in [-0.2, -0.15) is 0 Å². The van der Waals surface area contributed by atoms with Crippen LogP contribution in [0.1, 0.15) is 0 Å². The fraction of sp³-hybridized carbons (Fsp3) is 1.00. The van der Waals surface area contributed by atoms with Crippen LogP contribution in [0, 0.1) is 0 Å². The molecule has 2 fully saturated rings. The summed E-state index contributed by atoms with van der Waals surface area (Å²) in [6.45, 7) is 3.44. The third kappa shape index (κ3) is 1.77. The minimum atomic E-state index is -0.172. The van der Waals surface area contributed by atoms with E-state index >= 15 is 0 Å². The summed E-state index contributed by atoms with van der Waals surface area (Å²) in [6.07, 6.45) is 0.333. The van der Waals surface area contributed by atoms with Crippen LogP contribution in [0.2, 0.25) is 0 Å². The van der Waals surface area contributed by atoms with E-state index in [2.05, 4.69) is 0 Å². The lowest BCUT2D eigenvalue weighted by molar-refractivity contribution is -0.220. The molecule has 1 atom stereocenters. The fourth-order valence-electron chi connectivity index (χ4n) is 1.13. The molecule has 12 heavy (non-hydrogen) atoms. The first-order valence-electron chi connectivity index (χ1n) is 4.17. The van der Waals surface area contributed by atoms with Crippen molar-refractivity contribution >= 4 is 0 Å². The Morgan fingerprint density at radius 3 is 2.67 bits per heavy atom. The quantitative estimate of drug-likeness (QED) is 0.542. The second-order valence-electron chi connectivity index (χ2n) is 3.35. The lowest BCUT2D eigenvalue weighted by Gasteiger charge is -2.39. The highest BCUT2D eigenvalue weighted by Crippen LogP contribution is 2.21. The molecule has 0 aliphatic carbocycles. The van der Waals surface area contributed by atoms with Crippen LogP contribution < -0.4 is 0 Å². The number of epoxide rings is 1. The SMILES string of the molecule is COC1(COCC2CO2)COC1. The van der Waals surface area contributed by atoms with Gasteiger partial charge in [-0.05, 0) is 0 Å². The van der Waals surface area contributed by atoms with E-state index in [1.165, 1.54) is 0 Å². The zero-order valence-corrected chi connectivity index (χ0v) is 7.25. The first kappa shape index (κ1) is 8.44. The molecule has 0 saturated carbocycles. The second-order valence-corrected chi connectivity index (χ2v) is 3.35. The van der Waals surface area contributed by atoms with Crippen LogP contribution in [0.25, 0.3) is 0 Å². The highest BCUT2D eigenvalue weighted by molar-refractivity contribution is 4.87. The highest BCUT2D eigenvalue weighted by atomic mass is 16.6. The van der Waals surface area contributed by atoms with Crippen LogP contribution in [0.3, 0.4) is 0 Å². The molecule has 4 heteroatoms. The zero-order valence-electron chi connectivity index (χ0n) is 7.25. The molecule has 0 spiro atoms. The molecule has 70 valence electrons. The van der Waals surface area contributed by atoms with E-state index in [1.807, 2.05) is 0 Å². The van der Waals surface area contributed by atoms with E-state index in [9.17, 15) is 0 Å². The lowest BCUT2D eigenvalue weighted by atomic mass is 10.0. The Morgan fingerprint density at radius 1 is 1.50 bits per heavy atom. The van der Waals surface area contributed by atoms with E-state index in [0.29, 0.717) is 32.5 Å². The molecule has 0 radical (unpaired) electrons. The second kappa shape index (κ2) is 3.30. The van der Waals surface area contributed by atoms with Crippen molar-refractivity contribution in [2.24, 2.45) is 0 Å². The van der Waals surface area contributed by atoms with Crippen molar-refractivity contribution in [1.82, 2.24) is 0 Å². The van der Waals surface area contributed by atoms with Gasteiger partial charge in [0.1, 0.15) is 11.7 Å². The molecule has 2 aliphatic heterocycles. The molecule has 2 heterocycles. The molecule has 2 saturated heterocycles. The number of ether oxygens (including phenoxy) is 4. The topological polar surface area (TPSA) is 40.2 Å². The normalized spacial score (nSPS) is 31.2. The molecule has 0 bridgehead atoms. The number of rotatable bonds is 5. The Balaban J connectivity index is 1.62. The molecule has 0 aromatic carbocycles. The van der Waals surface area contributed by atoms with Crippen LogP contribution in [0.5, 0.6) is 0 Å². The Bertz CT molecular complexity index is 146. The largest absolute Gasteiger partial charge is 0.375 e. The van der Waals surface area contributed by atoms with Crippen LogP contribution in [-0.2, 0) is 18.9 Å². The fourth-order valence-corrected chi connectivity index (χ4v) is 1.13. The Kier molecular flexibility index (Phi) is 2.32. The van der Waals surface area contributed by atoms with Crippen molar-refractivity contribution in [3.63, 3.8) is 0 Å². The van der Waals surface area contributed by atoms with Crippen molar-refractivity contribution in [2.75, 3.05) is 40.1 Å². The van der Waals surface area contributed by atoms with Gasteiger partial charge in [0.15, 0.2) is 0 Å². The molecule has 0 amide bonds. The van der Waals surface area contributed by atoms with E-state index in [-0.39, 0.29) is 5.60 Å². The van der Waals surface area contributed by atoms with Crippen molar-refractivity contribution < 1.29 is 18.9 Å². The Morgan fingerprint density at radius 2 is 2.25 bits per heavy atom. The van der Waals surface area contributed by atoms with Crippen LogP contribution in [-0.4, -0.2) is 51.8 Å². The van der Waals surface area contributed by atoms with E-state index in [0.717, 1.165) is 6.61 Å². The standard InChI is InChI=1S/C8H14O4/c1-9-8(5-11-6-8)4-10-2-7-3-12-7/h7H,2-6H2,1H3. The average molecular weight is 174 g/mol. The van der Waals surface area contributed by atoms with Gasteiger partial charge in [-0.1, -0.05) is 0 Å². The average Bonchev–Trinajstić information content (AvgIpc) is 2.78. The van der Waals surface area contributed by atoms with Gasteiger partial charge in [0, 0.05) is 7.11 Å². The summed E-state index contributed by atoms with van der Waals surface area (Å²) in [6, 6.07) is 0. The maximum absolute atomic E-state index is 5.43. The van der Waals surface area contributed by atoms with Gasteiger partial charge in [0.25, 0.3) is 0 Å². The predicted molar refractivity (Wildman–Crippen MR) is 41.1 cm³/mol. The van der Waals surface area contributed by atoms with Gasteiger partial charge in [0.2, 0.25) is 0 Å². The van der Waals surface area contributed by atoms with Gasteiger partial charge in [-0.15, -0.1) is 0 Å². The molecule has 0 N–H and O–H groups in total. The monoisotopic (exact) mass is 174 g/mol. The van der Waals surface area contributed by atoms with E-state index < -0.39 is 0 Å². The number of hydrogen-bond acceptors (Lipinski definition) is 4. The number of hydrogen-bond donors (Lipinski definition) is 0. The molecule has 2 rings (SSSR count). The maximum atomic E-state index is 5.43. The summed E-state index contributed by atoms with van der Waals surface area (Å²) in [4.78, 5) is 0. The maximum Gasteiger partial charge on any atom is 0.137 e. The summed E-state index contributed by atoms with van der Waals surface area (Å²) in [5.74, 6) is 0. The third-order valence-corrected chi connectivity index (χ3v) is 2.23. The highest BCUT2D eigenvalue weighted by Gasteiger charge is 2.39. The summed E-state index contributed by atoms with van der Waals surface area (Å²) < 4.78 is 20.8. The van der Waals surface area contributed by atoms with Crippen molar-refractivity contribution in [2.45, 2.75) is 11.7 Å². The van der Waals surface area contributed by atoms with E-state index in [1.54, 1.807) is 7.11 Å². The van der Waals surface area contributed by atoms with E-state index in [4.69, 9.17) is 18.9 Å². The molecule has 2 aliphatic rings. The summed E-state index contributed by atoms with van der Waals surface area (Å²) in [5, 5.41) is 0. The summed E-state index contributed by atoms with van der Waals surface area (Å²) in [5.41, 5.74) is -0.172. The van der Waals surface area contributed by atoms with Crippen LogP contribution in [0.15, 0.2) is 0 Å². The molecular formula is C8H14O4. The molecule has 1 unspecified atom stereocenters. The smallest absolute Gasteiger partial charge is 0.137 e. The van der Waals surface area contributed by atoms with Crippen molar-refractivity contribution in [3.8, 4) is 0 Å². The van der Waals surface area contributed by atoms with Gasteiger partial charge in [0.05, 0.1) is 33.0 Å². The van der Waals surface area contributed by atoms with Crippen LogP contribution in [0.4, 0.5) is 0 Å². The zero-order chi connectivity index (χ0) is 8.44. The third-order valence-electron chi connectivity index (χ3n) is 2.23. The van der Waals surface area contributed by atoms with Gasteiger partial charge < -0.3 is 18.9 Å². The van der Waals surface area contributed by atoms with Gasteiger partial charge in [-0.3, -0.25) is 0 Å². The minimum absolute atomic E-state index is 0.172. The lowest BCUT2D eigenvalue weighted by Crippen LogP contribution is -2.54. The van der Waals surface area contributed by atoms with Crippen LogP contribution >= 0.6 is 0 Å². The first-order valence-corrected chi connectivity index (χ1v) is 4.17. The van der Waals surface area contributed by atoms with Crippen molar-refractivity contribution in [1.29, 1.82) is 0 Å². The van der Waals surface area contributed by atoms with Gasteiger partial charge >= 0.3 is 0 Å². The minimum Gasteiger partial charge on any atom is -0.375 e. The molecule has 4 nitrogen and oxygen atoms in total. The molecule has 0 aromatic heterocycles. The molecular weight excluding hydrogens is 160 g/mol. The summed E-state index contributed by atoms with van der Waals surface area (Å²) in [7, 11) is 1.69. The Hall–Kier alpha value is -0.160. The predicted octanol–water partition coefficient (Wildman–Crippen LogP) is -0.183. The summed E-state index contributed by atoms with van der Waals surface area (Å²) >= 11 is 0. The number of methoxy groups -OCH3 is 1. The Labute approximate surface area is 71.7 Å². The van der Waals surface area contributed by atoms with Crippen molar-refractivity contribution in [3.05, 3.63) is 0 Å². The molecule has 0 aromatic rings. The van der Waals surface area contributed by atoms with Gasteiger partial charge in [-0.25, -0.2) is 0 Å². The first-order chi connectivity index (χ1) is 5.85.